The SMILES string of the molecule is COc1ccc2nc3c(cc2c1)O[C@H]1CN(C(=O)[C@H](C(C)(C)C)NC(=O)O[C@@H]2CCC[C@H]2CCCCC3(F)F)[C@H](C(C)=O)[C@@H]1C. The Morgan fingerprint density at radius 3 is 2.49 bits per heavy atom. The average molecular weight is 630 g/mol. The van der Waals surface area contributed by atoms with Crippen LogP contribution < -0.4 is 14.8 Å². The Morgan fingerprint density at radius 1 is 1.07 bits per heavy atom. The smallest absolute Gasteiger partial charge is 0.408 e. The normalized spacial score (nSPS) is 29.5. The molecule has 1 saturated heterocycles. The number of ether oxygens (including phenoxy) is 3. The Bertz CT molecular complexity index is 1440. The Morgan fingerprint density at radius 2 is 1.80 bits per heavy atom. The monoisotopic (exact) mass is 629 g/mol. The predicted octanol–water partition coefficient (Wildman–Crippen LogP) is 6.40. The van der Waals surface area contributed by atoms with Gasteiger partial charge in [0.25, 0.3) is 5.92 Å². The minimum Gasteiger partial charge on any atom is -0.497 e. The minimum atomic E-state index is -3.30. The van der Waals surface area contributed by atoms with E-state index < -0.39 is 59.6 Å². The highest BCUT2D eigenvalue weighted by molar-refractivity contribution is 5.92. The van der Waals surface area contributed by atoms with Crippen LogP contribution in [0.3, 0.4) is 0 Å². The van der Waals surface area contributed by atoms with Crippen LogP contribution in [-0.4, -0.2) is 65.6 Å². The zero-order valence-corrected chi connectivity index (χ0v) is 27.0. The number of halogens is 2. The highest BCUT2D eigenvalue weighted by Crippen LogP contribution is 2.42. The Balaban J connectivity index is 1.58. The molecule has 2 fully saturated rings. The zero-order chi connectivity index (χ0) is 32.7. The third kappa shape index (κ3) is 6.87. The predicted molar refractivity (Wildman–Crippen MR) is 164 cm³/mol. The van der Waals surface area contributed by atoms with E-state index in [0.717, 1.165) is 12.8 Å². The number of fused-ring (bicyclic) bond motifs is 5. The molecule has 6 atom stereocenters. The summed E-state index contributed by atoms with van der Waals surface area (Å²) in [5, 5.41) is 3.38. The minimum absolute atomic E-state index is 0.0284. The first-order valence-electron chi connectivity index (χ1n) is 16.0. The second-order valence-electron chi connectivity index (χ2n) is 14.0. The summed E-state index contributed by atoms with van der Waals surface area (Å²) in [5.74, 6) is -4.01. The lowest BCUT2D eigenvalue weighted by atomic mass is 9.85. The van der Waals surface area contributed by atoms with E-state index in [0.29, 0.717) is 35.9 Å². The number of alkyl halides is 2. The second-order valence-corrected chi connectivity index (χ2v) is 14.0. The van der Waals surface area contributed by atoms with E-state index >= 15 is 8.78 Å². The molecular formula is C34H45F2N3O6. The van der Waals surface area contributed by atoms with Gasteiger partial charge in [-0.15, -0.1) is 0 Å². The first kappa shape index (κ1) is 32.9. The average Bonchev–Trinajstić information content (AvgIpc) is 3.55. The van der Waals surface area contributed by atoms with Gasteiger partial charge < -0.3 is 24.4 Å². The van der Waals surface area contributed by atoms with E-state index in [4.69, 9.17) is 14.2 Å². The molecule has 0 radical (unpaired) electrons. The summed E-state index contributed by atoms with van der Waals surface area (Å²) in [6, 6.07) is 4.70. The lowest BCUT2D eigenvalue weighted by molar-refractivity contribution is -0.141. The lowest BCUT2D eigenvalue weighted by Crippen LogP contribution is -2.57. The zero-order valence-electron chi connectivity index (χ0n) is 27.0. The van der Waals surface area contributed by atoms with Gasteiger partial charge in [-0.05, 0) is 74.6 Å². The summed E-state index contributed by atoms with van der Waals surface area (Å²) >= 11 is 0. The van der Waals surface area contributed by atoms with Crippen LogP contribution in [0, 0.1) is 17.3 Å². The van der Waals surface area contributed by atoms with E-state index in [1.807, 2.05) is 20.8 Å². The molecule has 1 aromatic carbocycles. The molecule has 1 aliphatic carbocycles. The van der Waals surface area contributed by atoms with Crippen LogP contribution >= 0.6 is 0 Å². The highest BCUT2D eigenvalue weighted by atomic mass is 19.3. The van der Waals surface area contributed by atoms with Gasteiger partial charge in [-0.25, -0.2) is 9.78 Å². The summed E-state index contributed by atoms with van der Waals surface area (Å²) in [6.45, 7) is 8.64. The molecule has 246 valence electrons. The fraction of sp³-hybridized carbons (Fsp3) is 0.647. The maximum absolute atomic E-state index is 16.0. The maximum atomic E-state index is 16.0. The van der Waals surface area contributed by atoms with Crippen molar-refractivity contribution in [2.75, 3.05) is 13.7 Å². The molecule has 1 N–H and O–H groups in total. The topological polar surface area (TPSA) is 107 Å². The number of pyridine rings is 1. The molecule has 11 heteroatoms. The summed E-state index contributed by atoms with van der Waals surface area (Å²) < 4.78 is 49.6. The molecule has 5 rings (SSSR count). The van der Waals surface area contributed by atoms with Crippen molar-refractivity contribution < 1.29 is 37.4 Å². The number of nitrogens with zero attached hydrogens (tertiary/aromatic N) is 2. The molecule has 1 aromatic heterocycles. The number of alkyl carbamates (subject to hydrolysis) is 1. The molecule has 1 saturated carbocycles. The van der Waals surface area contributed by atoms with E-state index in [2.05, 4.69) is 10.3 Å². The summed E-state index contributed by atoms with van der Waals surface area (Å²) in [7, 11) is 1.52. The third-order valence-electron chi connectivity index (χ3n) is 9.65. The van der Waals surface area contributed by atoms with Crippen LogP contribution in [0.2, 0.25) is 0 Å². The number of rotatable bonds is 2. The molecular weight excluding hydrogens is 584 g/mol. The summed E-state index contributed by atoms with van der Waals surface area (Å²) in [6.07, 6.45) is 1.61. The summed E-state index contributed by atoms with van der Waals surface area (Å²) in [4.78, 5) is 46.2. The number of Topliss-reactive ketones (excluding diaryl/α,β-unsaturated/α-hetero) is 1. The number of aromatic nitrogens is 1. The standard InChI is InChI=1S/C34H45F2N3O6/c1-19-27-18-39(28(19)20(2)40)31(41)30(33(3,4)5)38-32(42)45-25-12-9-11-21(25)10-7-8-15-34(35,36)29-26(44-27)17-22-16-23(43-6)13-14-24(22)37-29/h13-14,16-17,19,21,25,27-28,30H,7-12,15,18H2,1-6H3,(H,38,42)/t19-,21-,25-,27+,28+,30-/m1/s1. The maximum Gasteiger partial charge on any atom is 0.408 e. The molecule has 45 heavy (non-hydrogen) atoms. The largest absolute Gasteiger partial charge is 0.497 e. The van der Waals surface area contributed by atoms with E-state index in [1.165, 1.54) is 18.9 Å². The first-order valence-corrected chi connectivity index (χ1v) is 16.0. The van der Waals surface area contributed by atoms with E-state index in [1.54, 1.807) is 31.2 Å². The fourth-order valence-corrected chi connectivity index (χ4v) is 7.16. The molecule has 2 amide bonds. The summed E-state index contributed by atoms with van der Waals surface area (Å²) in [5.41, 5.74) is -0.793. The number of hydrogen-bond donors (Lipinski definition) is 1. The number of benzene rings is 1. The number of ketones is 1. The van der Waals surface area contributed by atoms with Crippen LogP contribution in [0.25, 0.3) is 10.9 Å². The number of hydrogen-bond acceptors (Lipinski definition) is 7. The van der Waals surface area contributed by atoms with Crippen molar-refractivity contribution in [3.05, 3.63) is 30.0 Å². The molecule has 0 spiro atoms. The van der Waals surface area contributed by atoms with Crippen LogP contribution in [0.1, 0.15) is 85.3 Å². The van der Waals surface area contributed by atoms with Crippen LogP contribution in [-0.2, 0) is 20.2 Å². The van der Waals surface area contributed by atoms with Crippen molar-refractivity contribution >= 4 is 28.7 Å². The molecule has 3 aliphatic rings. The van der Waals surface area contributed by atoms with Crippen LogP contribution in [0.15, 0.2) is 24.3 Å². The van der Waals surface area contributed by atoms with Gasteiger partial charge in [0.2, 0.25) is 5.91 Å². The van der Waals surface area contributed by atoms with Gasteiger partial charge in [0.15, 0.2) is 11.5 Å². The Labute approximate surface area is 263 Å². The van der Waals surface area contributed by atoms with Gasteiger partial charge in [0.05, 0.1) is 25.2 Å². The van der Waals surface area contributed by atoms with Crippen molar-refractivity contribution in [3.63, 3.8) is 0 Å². The van der Waals surface area contributed by atoms with Gasteiger partial charge in [-0.1, -0.05) is 34.1 Å². The number of nitrogens with one attached hydrogen (secondary N) is 1. The number of carbonyl (C=O) groups is 3. The number of carbonyl (C=O) groups excluding carboxylic acids is 3. The van der Waals surface area contributed by atoms with Crippen molar-refractivity contribution in [3.8, 4) is 11.5 Å². The first-order chi connectivity index (χ1) is 21.2. The second kappa shape index (κ2) is 12.7. The fourth-order valence-electron chi connectivity index (χ4n) is 7.16. The lowest BCUT2D eigenvalue weighted by Gasteiger charge is -2.35. The van der Waals surface area contributed by atoms with Crippen molar-refractivity contribution in [1.82, 2.24) is 15.2 Å². The molecule has 3 heterocycles. The number of methoxy groups -OCH3 is 1. The van der Waals surface area contributed by atoms with Crippen molar-refractivity contribution in [1.29, 1.82) is 0 Å². The van der Waals surface area contributed by atoms with Crippen molar-refractivity contribution in [2.24, 2.45) is 17.3 Å². The molecule has 9 nitrogen and oxygen atoms in total. The van der Waals surface area contributed by atoms with Gasteiger partial charge in [-0.2, -0.15) is 8.78 Å². The molecule has 0 unspecified atom stereocenters. The van der Waals surface area contributed by atoms with E-state index in [-0.39, 0.29) is 36.5 Å². The Kier molecular flexibility index (Phi) is 9.29. The van der Waals surface area contributed by atoms with Crippen LogP contribution in [0.4, 0.5) is 13.6 Å². The highest BCUT2D eigenvalue weighted by Gasteiger charge is 2.50. The van der Waals surface area contributed by atoms with Crippen molar-refractivity contribution in [2.45, 2.75) is 110 Å². The molecule has 2 bridgehead atoms. The third-order valence-corrected chi connectivity index (χ3v) is 9.65. The quantitative estimate of drug-likeness (QED) is 0.410. The molecule has 2 aliphatic heterocycles. The number of amides is 2. The van der Waals surface area contributed by atoms with Gasteiger partial charge >= 0.3 is 6.09 Å². The van der Waals surface area contributed by atoms with Gasteiger partial charge in [0, 0.05) is 17.7 Å². The van der Waals surface area contributed by atoms with E-state index in [9.17, 15) is 14.4 Å². The Hall–Kier alpha value is -3.50. The van der Waals surface area contributed by atoms with Crippen LogP contribution in [0.5, 0.6) is 11.5 Å². The molecule has 2 aromatic rings. The van der Waals surface area contributed by atoms with Gasteiger partial charge in [-0.3, -0.25) is 9.59 Å². The van der Waals surface area contributed by atoms with Gasteiger partial charge in [0.1, 0.15) is 29.7 Å².